The molecule has 1 aliphatic rings. The molecule has 6 heteroatoms. The van der Waals surface area contributed by atoms with E-state index < -0.39 is 0 Å². The molecule has 0 N–H and O–H groups in total. The van der Waals surface area contributed by atoms with E-state index in [1.54, 1.807) is 12.1 Å². The number of carbonyl (C=O) groups is 1. The molecule has 2 aromatic carbocycles. The van der Waals surface area contributed by atoms with E-state index in [4.69, 9.17) is 0 Å². The lowest BCUT2D eigenvalue weighted by Gasteiger charge is -2.36. The summed E-state index contributed by atoms with van der Waals surface area (Å²) in [5.41, 5.74) is 3.57. The molecule has 1 fully saturated rings. The Balaban J connectivity index is 1.34. The van der Waals surface area contributed by atoms with Gasteiger partial charge in [0.25, 0.3) is 0 Å². The first-order valence-corrected chi connectivity index (χ1v) is 10.9. The maximum atomic E-state index is 14.1. The number of amides is 1. The lowest BCUT2D eigenvalue weighted by atomic mass is 9.92. The summed E-state index contributed by atoms with van der Waals surface area (Å²) in [5, 5.41) is 0. The summed E-state index contributed by atoms with van der Waals surface area (Å²) < 4.78 is 16.2. The number of pyridine rings is 1. The molecule has 0 bridgehead atoms. The number of rotatable bonds is 5. The molecular weight excluding hydrogens is 403 g/mol. The van der Waals surface area contributed by atoms with Crippen molar-refractivity contribution in [2.45, 2.75) is 12.3 Å². The van der Waals surface area contributed by atoms with Gasteiger partial charge in [0.1, 0.15) is 11.5 Å². The molecule has 1 unspecified atom stereocenters. The van der Waals surface area contributed by atoms with Crippen LogP contribution in [-0.4, -0.2) is 46.4 Å². The number of nitrogens with zero attached hydrogens (tertiary/aromatic N) is 4. The van der Waals surface area contributed by atoms with E-state index in [1.165, 1.54) is 6.07 Å². The molecule has 2 aromatic heterocycles. The minimum Gasteiger partial charge on any atom is -0.366 e. The number of benzene rings is 2. The average Bonchev–Trinajstić information content (AvgIpc) is 3.27. The van der Waals surface area contributed by atoms with Gasteiger partial charge in [0.05, 0.1) is 11.4 Å². The second kappa shape index (κ2) is 8.83. The zero-order valence-electron chi connectivity index (χ0n) is 17.8. The van der Waals surface area contributed by atoms with Gasteiger partial charge in [0, 0.05) is 50.9 Å². The van der Waals surface area contributed by atoms with Gasteiger partial charge in [-0.2, -0.15) is 0 Å². The van der Waals surface area contributed by atoms with Gasteiger partial charge in [0.2, 0.25) is 5.91 Å². The molecule has 162 valence electrons. The molecule has 1 saturated heterocycles. The van der Waals surface area contributed by atoms with Crippen molar-refractivity contribution in [2.24, 2.45) is 0 Å². The van der Waals surface area contributed by atoms with Crippen LogP contribution in [0.5, 0.6) is 0 Å². The summed E-state index contributed by atoms with van der Waals surface area (Å²) in [7, 11) is 0. The summed E-state index contributed by atoms with van der Waals surface area (Å²) in [4.78, 5) is 21.8. The molecule has 32 heavy (non-hydrogen) atoms. The molecule has 5 rings (SSSR count). The number of anilines is 1. The fraction of sp³-hybridized carbons (Fsp3) is 0.231. The normalized spacial score (nSPS) is 15.2. The van der Waals surface area contributed by atoms with E-state index in [1.807, 2.05) is 64.7 Å². The van der Waals surface area contributed by atoms with Crippen LogP contribution >= 0.6 is 0 Å². The zero-order valence-corrected chi connectivity index (χ0v) is 17.8. The number of hydrogen-bond donors (Lipinski definition) is 0. The molecule has 1 atom stereocenters. The van der Waals surface area contributed by atoms with Crippen molar-refractivity contribution in [1.29, 1.82) is 0 Å². The van der Waals surface area contributed by atoms with Crippen molar-refractivity contribution in [1.82, 2.24) is 14.3 Å². The smallest absolute Gasteiger partial charge is 0.223 e. The van der Waals surface area contributed by atoms with Gasteiger partial charge in [-0.1, -0.05) is 48.5 Å². The maximum Gasteiger partial charge on any atom is 0.223 e. The topological polar surface area (TPSA) is 40.9 Å². The number of fused-ring (bicyclic) bond motifs is 1. The van der Waals surface area contributed by atoms with Crippen molar-refractivity contribution >= 4 is 17.2 Å². The highest BCUT2D eigenvalue weighted by atomic mass is 19.1. The van der Waals surface area contributed by atoms with Crippen LogP contribution in [0, 0.1) is 5.82 Å². The summed E-state index contributed by atoms with van der Waals surface area (Å²) >= 11 is 0. The van der Waals surface area contributed by atoms with E-state index in [9.17, 15) is 9.18 Å². The number of hydrogen-bond acceptors (Lipinski definition) is 3. The monoisotopic (exact) mass is 428 g/mol. The molecule has 1 amide bonds. The van der Waals surface area contributed by atoms with Gasteiger partial charge in [0.15, 0.2) is 0 Å². The Kier molecular flexibility index (Phi) is 5.58. The standard InChI is InChI=1S/C26H25FN4O/c27-22-10-4-5-11-23(22)29-14-16-30(17-15-29)26(32)18-21(20-8-2-1-3-9-20)24-19-28-25-12-6-7-13-31(24)25/h1-13,19,21H,14-18H2. The summed E-state index contributed by atoms with van der Waals surface area (Å²) in [5.74, 6) is -0.201. The van der Waals surface area contributed by atoms with Crippen LogP contribution in [0.2, 0.25) is 0 Å². The van der Waals surface area contributed by atoms with E-state index >= 15 is 0 Å². The number of halogens is 1. The largest absolute Gasteiger partial charge is 0.366 e. The first kappa shape index (κ1) is 20.2. The molecule has 5 nitrogen and oxygen atoms in total. The minimum atomic E-state index is -0.218. The highest BCUT2D eigenvalue weighted by Gasteiger charge is 2.27. The van der Waals surface area contributed by atoms with E-state index in [0.717, 1.165) is 16.9 Å². The lowest BCUT2D eigenvalue weighted by molar-refractivity contribution is -0.131. The average molecular weight is 429 g/mol. The third kappa shape index (κ3) is 3.96. The number of para-hydroxylation sites is 1. The predicted octanol–water partition coefficient (Wildman–Crippen LogP) is 4.34. The minimum absolute atomic E-state index is 0.0919. The quantitative estimate of drug-likeness (QED) is 0.475. The molecule has 3 heterocycles. The Morgan fingerprint density at radius 3 is 2.41 bits per heavy atom. The van der Waals surface area contributed by atoms with E-state index in [-0.39, 0.29) is 17.6 Å². The SMILES string of the molecule is O=C(CC(c1ccccc1)c1cnc2ccccn12)N1CCN(c2ccccc2F)CC1. The third-order valence-electron chi connectivity index (χ3n) is 6.21. The molecule has 1 aliphatic heterocycles. The van der Waals surface area contributed by atoms with E-state index in [2.05, 4.69) is 21.5 Å². The van der Waals surface area contributed by atoms with Crippen LogP contribution in [0.25, 0.3) is 5.65 Å². The highest BCUT2D eigenvalue weighted by Crippen LogP contribution is 2.30. The Labute approximate surface area is 186 Å². The van der Waals surface area contributed by atoms with Gasteiger partial charge in [-0.3, -0.25) is 4.79 Å². The third-order valence-corrected chi connectivity index (χ3v) is 6.21. The lowest BCUT2D eigenvalue weighted by Crippen LogP contribution is -2.49. The molecule has 0 spiro atoms. The number of imidazole rings is 1. The summed E-state index contributed by atoms with van der Waals surface area (Å²) in [6, 6.07) is 22.8. The van der Waals surface area contributed by atoms with Crippen molar-refractivity contribution in [2.75, 3.05) is 31.1 Å². The Morgan fingerprint density at radius 1 is 0.906 bits per heavy atom. The van der Waals surface area contributed by atoms with Gasteiger partial charge in [-0.15, -0.1) is 0 Å². The highest BCUT2D eigenvalue weighted by molar-refractivity contribution is 5.78. The Morgan fingerprint density at radius 2 is 1.62 bits per heavy atom. The number of piperazine rings is 1. The van der Waals surface area contributed by atoms with Gasteiger partial charge < -0.3 is 14.2 Å². The van der Waals surface area contributed by atoms with Crippen molar-refractivity contribution < 1.29 is 9.18 Å². The molecule has 4 aromatic rings. The van der Waals surface area contributed by atoms with Crippen LogP contribution in [0.3, 0.4) is 0 Å². The summed E-state index contributed by atoms with van der Waals surface area (Å²) in [6.07, 6.45) is 4.23. The molecule has 0 radical (unpaired) electrons. The van der Waals surface area contributed by atoms with Gasteiger partial charge in [-0.25, -0.2) is 9.37 Å². The van der Waals surface area contributed by atoms with Crippen LogP contribution in [0.1, 0.15) is 23.6 Å². The fourth-order valence-corrected chi connectivity index (χ4v) is 4.50. The Bertz CT molecular complexity index is 1210. The van der Waals surface area contributed by atoms with Crippen LogP contribution in [0.4, 0.5) is 10.1 Å². The Hall–Kier alpha value is -3.67. The molecule has 0 saturated carbocycles. The second-order valence-electron chi connectivity index (χ2n) is 8.10. The fourth-order valence-electron chi connectivity index (χ4n) is 4.50. The van der Waals surface area contributed by atoms with Gasteiger partial charge in [-0.05, 0) is 29.8 Å². The van der Waals surface area contributed by atoms with Crippen LogP contribution in [0.15, 0.2) is 85.2 Å². The van der Waals surface area contributed by atoms with Gasteiger partial charge >= 0.3 is 0 Å². The maximum absolute atomic E-state index is 14.1. The van der Waals surface area contributed by atoms with Crippen molar-refractivity contribution in [3.63, 3.8) is 0 Å². The molecule has 0 aliphatic carbocycles. The second-order valence-corrected chi connectivity index (χ2v) is 8.10. The van der Waals surface area contributed by atoms with Crippen LogP contribution in [-0.2, 0) is 4.79 Å². The zero-order chi connectivity index (χ0) is 21.9. The first-order valence-electron chi connectivity index (χ1n) is 10.9. The van der Waals surface area contributed by atoms with Crippen LogP contribution < -0.4 is 4.90 Å². The van der Waals surface area contributed by atoms with E-state index in [0.29, 0.717) is 38.3 Å². The van der Waals surface area contributed by atoms with Crippen molar-refractivity contribution in [3.05, 3.63) is 102 Å². The predicted molar refractivity (Wildman–Crippen MR) is 123 cm³/mol. The van der Waals surface area contributed by atoms with Crippen molar-refractivity contribution in [3.8, 4) is 0 Å². The summed E-state index contributed by atoms with van der Waals surface area (Å²) in [6.45, 7) is 2.42. The number of carbonyl (C=O) groups excluding carboxylic acids is 1. The first-order chi connectivity index (χ1) is 15.7. The molecular formula is C26H25FN4O. The number of aromatic nitrogens is 2.